The van der Waals surface area contributed by atoms with Crippen LogP contribution in [0.1, 0.15) is 36.8 Å². The predicted octanol–water partition coefficient (Wildman–Crippen LogP) is 4.84. The molecule has 1 amide bonds. The highest BCUT2D eigenvalue weighted by atomic mass is 35.5. The number of hydrogen-bond donors (Lipinski definition) is 1. The number of nitrogens with one attached hydrogen (secondary N) is 1. The monoisotopic (exact) mass is 392 g/mol. The van der Waals surface area contributed by atoms with Crippen molar-refractivity contribution in [3.63, 3.8) is 0 Å². The van der Waals surface area contributed by atoms with E-state index in [4.69, 9.17) is 11.6 Å². The van der Waals surface area contributed by atoms with Crippen molar-refractivity contribution in [3.05, 3.63) is 64.8 Å². The molecule has 0 radical (unpaired) electrons. The van der Waals surface area contributed by atoms with Gasteiger partial charge in [0, 0.05) is 36.5 Å². The van der Waals surface area contributed by atoms with Crippen LogP contribution in [0.2, 0.25) is 5.02 Å². The minimum Gasteiger partial charge on any atom is -0.361 e. The van der Waals surface area contributed by atoms with Gasteiger partial charge in [-0.3, -0.25) is 9.59 Å². The second-order valence-electron chi connectivity index (χ2n) is 7.82. The molecule has 1 N–H and O–H groups in total. The molecule has 28 heavy (non-hydrogen) atoms. The Labute approximate surface area is 168 Å². The van der Waals surface area contributed by atoms with Crippen LogP contribution in [-0.4, -0.2) is 23.7 Å². The fourth-order valence-corrected chi connectivity index (χ4v) is 5.58. The van der Waals surface area contributed by atoms with E-state index in [2.05, 4.69) is 4.98 Å². The van der Waals surface area contributed by atoms with Gasteiger partial charge in [-0.15, -0.1) is 0 Å². The molecule has 0 bridgehead atoms. The van der Waals surface area contributed by atoms with Gasteiger partial charge >= 0.3 is 0 Å². The molecule has 0 saturated heterocycles. The summed E-state index contributed by atoms with van der Waals surface area (Å²) < 4.78 is 0. The molecule has 142 valence electrons. The summed E-state index contributed by atoms with van der Waals surface area (Å²) in [6, 6.07) is 13.6. The van der Waals surface area contributed by atoms with Crippen LogP contribution in [0.5, 0.6) is 0 Å². The van der Waals surface area contributed by atoms with E-state index in [0.717, 1.165) is 40.6 Å². The van der Waals surface area contributed by atoms with E-state index >= 15 is 0 Å². The van der Waals surface area contributed by atoms with Crippen LogP contribution in [-0.2, 0) is 15.0 Å². The molecule has 1 saturated carbocycles. The van der Waals surface area contributed by atoms with Crippen molar-refractivity contribution < 1.29 is 9.59 Å². The van der Waals surface area contributed by atoms with Gasteiger partial charge < -0.3 is 9.88 Å². The van der Waals surface area contributed by atoms with E-state index in [-0.39, 0.29) is 17.6 Å². The van der Waals surface area contributed by atoms with Crippen LogP contribution in [0.25, 0.3) is 10.9 Å². The number of amides is 1. The van der Waals surface area contributed by atoms with Gasteiger partial charge in [-0.05, 0) is 36.1 Å². The zero-order valence-electron chi connectivity index (χ0n) is 15.7. The predicted molar refractivity (Wildman–Crippen MR) is 111 cm³/mol. The Bertz CT molecular complexity index is 1120. The van der Waals surface area contributed by atoms with E-state index in [1.54, 1.807) is 18.0 Å². The van der Waals surface area contributed by atoms with Crippen molar-refractivity contribution >= 4 is 39.9 Å². The zero-order valence-corrected chi connectivity index (χ0v) is 16.4. The Kier molecular flexibility index (Phi) is 3.88. The number of aromatic nitrogens is 1. The highest BCUT2D eigenvalue weighted by Gasteiger charge is 2.59. The smallest absolute Gasteiger partial charge is 0.242 e. The number of fused-ring (bicyclic) bond motifs is 2. The van der Waals surface area contributed by atoms with Gasteiger partial charge in [-0.1, -0.05) is 48.4 Å². The molecule has 3 aromatic rings. The molecule has 2 heterocycles. The fourth-order valence-electron chi connectivity index (χ4n) is 5.28. The van der Waals surface area contributed by atoms with Gasteiger partial charge in [-0.2, -0.15) is 0 Å². The van der Waals surface area contributed by atoms with E-state index in [1.807, 2.05) is 42.6 Å². The Morgan fingerprint density at radius 1 is 1.07 bits per heavy atom. The third-order valence-corrected chi connectivity index (χ3v) is 6.79. The zero-order chi connectivity index (χ0) is 19.5. The van der Waals surface area contributed by atoms with Crippen molar-refractivity contribution in [1.82, 2.24) is 4.98 Å². The van der Waals surface area contributed by atoms with Crippen LogP contribution in [0.3, 0.4) is 0 Å². The maximum absolute atomic E-state index is 13.9. The first-order valence-electron chi connectivity index (χ1n) is 9.73. The minimum atomic E-state index is -1.04. The SMILES string of the molecule is CN1C(=O)[C@@](c2c[nH]c3ccccc23)([C@H]2CCCCC2=O)c2cccc(Cl)c21. The fraction of sp³-hybridized carbons (Fsp3) is 0.304. The number of Topliss-reactive ketones (excluding diaryl/α,β-unsaturated/α-hetero) is 1. The minimum absolute atomic E-state index is 0.0689. The lowest BCUT2D eigenvalue weighted by Crippen LogP contribution is -2.49. The number of halogens is 1. The number of benzene rings is 2. The highest BCUT2D eigenvalue weighted by Crippen LogP contribution is 2.55. The molecule has 1 fully saturated rings. The average molecular weight is 393 g/mol. The lowest BCUT2D eigenvalue weighted by Gasteiger charge is -2.37. The van der Waals surface area contributed by atoms with Crippen LogP contribution < -0.4 is 4.90 Å². The maximum Gasteiger partial charge on any atom is 0.242 e. The number of para-hydroxylation sites is 2. The van der Waals surface area contributed by atoms with Crippen molar-refractivity contribution in [1.29, 1.82) is 0 Å². The summed E-state index contributed by atoms with van der Waals surface area (Å²) in [7, 11) is 1.76. The van der Waals surface area contributed by atoms with E-state index in [0.29, 0.717) is 17.9 Å². The molecule has 2 aliphatic rings. The maximum atomic E-state index is 13.9. The number of anilines is 1. The number of rotatable bonds is 2. The number of carbonyl (C=O) groups is 2. The average Bonchev–Trinajstić information content (AvgIpc) is 3.22. The van der Waals surface area contributed by atoms with Crippen molar-refractivity contribution in [2.24, 2.45) is 5.92 Å². The van der Waals surface area contributed by atoms with Crippen LogP contribution >= 0.6 is 11.6 Å². The molecule has 4 nitrogen and oxygen atoms in total. The first kappa shape index (κ1) is 17.5. The highest BCUT2D eigenvalue weighted by molar-refractivity contribution is 6.35. The van der Waals surface area contributed by atoms with Crippen molar-refractivity contribution in [3.8, 4) is 0 Å². The molecule has 0 spiro atoms. The summed E-state index contributed by atoms with van der Waals surface area (Å²) >= 11 is 6.53. The van der Waals surface area contributed by atoms with Gasteiger partial charge in [0.1, 0.15) is 11.2 Å². The molecule has 5 rings (SSSR count). The normalized spacial score (nSPS) is 24.8. The second-order valence-corrected chi connectivity index (χ2v) is 8.23. The largest absolute Gasteiger partial charge is 0.361 e. The Balaban J connectivity index is 1.89. The molecule has 2 atom stereocenters. The van der Waals surface area contributed by atoms with Crippen LogP contribution in [0.4, 0.5) is 5.69 Å². The third-order valence-electron chi connectivity index (χ3n) is 6.48. The van der Waals surface area contributed by atoms with Crippen LogP contribution in [0, 0.1) is 5.92 Å². The topological polar surface area (TPSA) is 53.2 Å². The van der Waals surface area contributed by atoms with E-state index < -0.39 is 5.41 Å². The Hall–Kier alpha value is -2.59. The molecular formula is C23H21ClN2O2. The summed E-state index contributed by atoms with van der Waals surface area (Å²) in [5.74, 6) is -0.276. The number of hydrogen-bond acceptors (Lipinski definition) is 2. The first-order valence-corrected chi connectivity index (χ1v) is 10.1. The molecule has 0 unspecified atom stereocenters. The van der Waals surface area contributed by atoms with E-state index in [1.165, 1.54) is 0 Å². The van der Waals surface area contributed by atoms with Gasteiger partial charge in [0.2, 0.25) is 5.91 Å². The van der Waals surface area contributed by atoms with E-state index in [9.17, 15) is 9.59 Å². The third kappa shape index (κ3) is 2.12. The quantitative estimate of drug-likeness (QED) is 0.678. The lowest BCUT2D eigenvalue weighted by atomic mass is 9.61. The van der Waals surface area contributed by atoms with Gasteiger partial charge in [0.05, 0.1) is 10.7 Å². The number of aromatic amines is 1. The molecule has 1 aromatic heterocycles. The number of H-pyrrole nitrogens is 1. The van der Waals surface area contributed by atoms with Gasteiger partial charge in [0.25, 0.3) is 0 Å². The second kappa shape index (κ2) is 6.21. The summed E-state index contributed by atoms with van der Waals surface area (Å²) in [6.07, 6.45) is 5.00. The lowest BCUT2D eigenvalue weighted by molar-refractivity contribution is -0.133. The van der Waals surface area contributed by atoms with Gasteiger partial charge in [0.15, 0.2) is 0 Å². The molecular weight excluding hydrogens is 372 g/mol. The number of nitrogens with zero attached hydrogens (tertiary/aromatic N) is 1. The summed E-state index contributed by atoms with van der Waals surface area (Å²) in [5, 5.41) is 1.52. The van der Waals surface area contributed by atoms with Gasteiger partial charge in [-0.25, -0.2) is 0 Å². The Morgan fingerprint density at radius 2 is 1.89 bits per heavy atom. The number of ketones is 1. The molecule has 5 heteroatoms. The summed E-state index contributed by atoms with van der Waals surface area (Å²) in [4.78, 5) is 32.0. The summed E-state index contributed by atoms with van der Waals surface area (Å²) in [6.45, 7) is 0. The van der Waals surface area contributed by atoms with Crippen molar-refractivity contribution in [2.75, 3.05) is 11.9 Å². The first-order chi connectivity index (χ1) is 13.6. The Morgan fingerprint density at radius 3 is 2.71 bits per heavy atom. The molecule has 1 aliphatic carbocycles. The van der Waals surface area contributed by atoms with Crippen molar-refractivity contribution in [2.45, 2.75) is 31.1 Å². The molecule has 2 aromatic carbocycles. The standard InChI is InChI=1S/C23H21ClN2O2/c1-26-21-16(9-6-10-18(21)24)23(22(26)28,15-8-3-5-12-20(15)27)17-13-25-19-11-4-2-7-14(17)19/h2,4,6-7,9-11,13,15,25H,3,5,8,12H2,1H3/t15-,23-/m0/s1. The number of carbonyl (C=O) groups excluding carboxylic acids is 2. The molecule has 1 aliphatic heterocycles. The van der Waals surface area contributed by atoms with Crippen LogP contribution in [0.15, 0.2) is 48.7 Å². The number of likely N-dealkylation sites (N-methyl/N-ethyl adjacent to an activating group) is 1. The summed E-state index contributed by atoms with van der Waals surface area (Å²) in [5.41, 5.74) is 2.37.